The number of hydrogen-bond acceptors (Lipinski definition) is 3. The van der Waals surface area contributed by atoms with E-state index in [2.05, 4.69) is 17.3 Å². The van der Waals surface area contributed by atoms with Gasteiger partial charge in [-0.1, -0.05) is 0 Å². The summed E-state index contributed by atoms with van der Waals surface area (Å²) < 4.78 is 0. The minimum atomic E-state index is 0.236. The second kappa shape index (κ2) is 5.83. The minimum Gasteiger partial charge on any atom is -0.344 e. The molecule has 1 saturated carbocycles. The van der Waals surface area contributed by atoms with E-state index in [1.807, 2.05) is 11.9 Å². The topological polar surface area (TPSA) is 35.6 Å². The fourth-order valence-corrected chi connectivity index (χ4v) is 2.50. The number of hydrogen-bond donors (Lipinski definition) is 1. The molecule has 0 radical (unpaired) electrons. The van der Waals surface area contributed by atoms with Gasteiger partial charge in [0.15, 0.2) is 0 Å². The Balaban J connectivity index is 1.60. The summed E-state index contributed by atoms with van der Waals surface area (Å²) in [4.78, 5) is 16.1. The molecule has 0 aromatic heterocycles. The lowest BCUT2D eigenvalue weighted by Gasteiger charge is -2.21. The molecule has 98 valence electrons. The van der Waals surface area contributed by atoms with E-state index in [9.17, 15) is 4.79 Å². The third-order valence-electron chi connectivity index (χ3n) is 3.85. The lowest BCUT2D eigenvalue weighted by molar-refractivity contribution is -0.129. The first-order valence-electron chi connectivity index (χ1n) is 6.78. The van der Waals surface area contributed by atoms with Crippen LogP contribution in [-0.2, 0) is 4.79 Å². The number of carbonyl (C=O) groups is 1. The summed E-state index contributed by atoms with van der Waals surface area (Å²) in [5.74, 6) is 1.74. The lowest BCUT2D eigenvalue weighted by Crippen LogP contribution is -2.39. The molecule has 1 aliphatic heterocycles. The van der Waals surface area contributed by atoms with Crippen molar-refractivity contribution in [2.24, 2.45) is 11.8 Å². The summed E-state index contributed by atoms with van der Waals surface area (Å²) in [5.41, 5.74) is 0. The molecular weight excluding hydrogens is 214 g/mol. The molecule has 1 atom stereocenters. The zero-order valence-electron chi connectivity index (χ0n) is 11.1. The lowest BCUT2D eigenvalue weighted by atomic mass is 10.1. The van der Waals surface area contributed by atoms with E-state index in [4.69, 9.17) is 0 Å². The zero-order chi connectivity index (χ0) is 12.3. The van der Waals surface area contributed by atoms with E-state index >= 15 is 0 Å². The zero-order valence-corrected chi connectivity index (χ0v) is 11.1. The van der Waals surface area contributed by atoms with Gasteiger partial charge >= 0.3 is 0 Å². The first-order valence-corrected chi connectivity index (χ1v) is 6.78. The van der Waals surface area contributed by atoms with E-state index in [-0.39, 0.29) is 5.91 Å². The molecule has 1 amide bonds. The highest BCUT2D eigenvalue weighted by molar-refractivity contribution is 5.77. The smallest absolute Gasteiger partial charge is 0.236 e. The second-order valence-electron chi connectivity index (χ2n) is 5.77. The van der Waals surface area contributed by atoms with Gasteiger partial charge in [-0.25, -0.2) is 0 Å². The highest BCUT2D eigenvalue weighted by atomic mass is 16.2. The Morgan fingerprint density at radius 2 is 2.12 bits per heavy atom. The van der Waals surface area contributed by atoms with Gasteiger partial charge in [-0.05, 0) is 51.2 Å². The largest absolute Gasteiger partial charge is 0.344 e. The van der Waals surface area contributed by atoms with Crippen molar-refractivity contribution < 1.29 is 4.79 Å². The van der Waals surface area contributed by atoms with Crippen LogP contribution in [0.2, 0.25) is 0 Å². The first kappa shape index (κ1) is 12.8. The molecule has 0 aromatic carbocycles. The molecule has 17 heavy (non-hydrogen) atoms. The van der Waals surface area contributed by atoms with E-state index in [0.29, 0.717) is 12.5 Å². The number of carbonyl (C=O) groups excluding carboxylic acids is 1. The average molecular weight is 239 g/mol. The van der Waals surface area contributed by atoms with Crippen LogP contribution < -0.4 is 5.32 Å². The molecule has 4 nitrogen and oxygen atoms in total. The van der Waals surface area contributed by atoms with Crippen molar-refractivity contribution >= 4 is 5.91 Å². The van der Waals surface area contributed by atoms with Crippen LogP contribution in [0.3, 0.4) is 0 Å². The quantitative estimate of drug-likeness (QED) is 0.728. The molecule has 2 aliphatic rings. The molecular formula is C13H25N3O. The predicted molar refractivity (Wildman–Crippen MR) is 68.8 cm³/mol. The van der Waals surface area contributed by atoms with Gasteiger partial charge in [0, 0.05) is 20.1 Å². The Morgan fingerprint density at radius 1 is 1.35 bits per heavy atom. The minimum absolute atomic E-state index is 0.236. The van der Waals surface area contributed by atoms with E-state index < -0.39 is 0 Å². The van der Waals surface area contributed by atoms with Crippen molar-refractivity contribution in [3.05, 3.63) is 0 Å². The average Bonchev–Trinajstić information content (AvgIpc) is 3.02. The standard InChI is InChI=1S/C13H25N3O/c1-15-6-5-12(9-15)10-16(2)13(17)8-14-7-11-3-4-11/h11-12,14H,3-10H2,1-2H3. The first-order chi connectivity index (χ1) is 8.15. The highest BCUT2D eigenvalue weighted by Gasteiger charge is 2.23. The Morgan fingerprint density at radius 3 is 2.71 bits per heavy atom. The maximum absolute atomic E-state index is 11.9. The summed E-state index contributed by atoms with van der Waals surface area (Å²) in [5, 5.41) is 3.26. The Labute approximate surface area is 104 Å². The predicted octanol–water partition coefficient (Wildman–Crippen LogP) is 0.396. The van der Waals surface area contributed by atoms with Crippen LogP contribution >= 0.6 is 0 Å². The molecule has 1 aliphatic carbocycles. The third-order valence-corrected chi connectivity index (χ3v) is 3.85. The molecule has 2 rings (SSSR count). The van der Waals surface area contributed by atoms with Crippen LogP contribution in [0.1, 0.15) is 19.3 Å². The van der Waals surface area contributed by atoms with Gasteiger partial charge < -0.3 is 15.1 Å². The fourth-order valence-electron chi connectivity index (χ4n) is 2.50. The van der Waals surface area contributed by atoms with Crippen LogP contribution in [0.5, 0.6) is 0 Å². The summed E-state index contributed by atoms with van der Waals surface area (Å²) in [6.07, 6.45) is 3.90. The highest BCUT2D eigenvalue weighted by Crippen LogP contribution is 2.27. The van der Waals surface area contributed by atoms with Gasteiger partial charge in [0.25, 0.3) is 0 Å². The molecule has 1 heterocycles. The van der Waals surface area contributed by atoms with Crippen LogP contribution in [0.4, 0.5) is 0 Å². The van der Waals surface area contributed by atoms with Crippen molar-refractivity contribution in [3.8, 4) is 0 Å². The summed E-state index contributed by atoms with van der Waals surface area (Å²) in [6, 6.07) is 0. The van der Waals surface area contributed by atoms with Crippen molar-refractivity contribution in [3.63, 3.8) is 0 Å². The van der Waals surface area contributed by atoms with Crippen molar-refractivity contribution in [2.75, 3.05) is 46.8 Å². The molecule has 1 unspecified atom stereocenters. The SMILES string of the molecule is CN1CCC(CN(C)C(=O)CNCC2CC2)C1. The van der Waals surface area contributed by atoms with Crippen molar-refractivity contribution in [2.45, 2.75) is 19.3 Å². The normalized spacial score (nSPS) is 25.2. The number of likely N-dealkylation sites (tertiary alicyclic amines) is 1. The molecule has 2 fully saturated rings. The van der Waals surface area contributed by atoms with Gasteiger partial charge in [0.05, 0.1) is 6.54 Å². The van der Waals surface area contributed by atoms with Gasteiger partial charge in [-0.3, -0.25) is 4.79 Å². The maximum atomic E-state index is 11.9. The van der Waals surface area contributed by atoms with Gasteiger partial charge in [0.2, 0.25) is 5.91 Å². The molecule has 0 bridgehead atoms. The molecule has 0 aromatic rings. The van der Waals surface area contributed by atoms with Crippen LogP contribution in [0.15, 0.2) is 0 Å². The number of nitrogens with one attached hydrogen (secondary N) is 1. The van der Waals surface area contributed by atoms with Gasteiger partial charge in [0.1, 0.15) is 0 Å². The number of rotatable bonds is 6. The Bertz CT molecular complexity index is 265. The summed E-state index contributed by atoms with van der Waals surface area (Å²) >= 11 is 0. The molecule has 1 N–H and O–H groups in total. The summed E-state index contributed by atoms with van der Waals surface area (Å²) in [7, 11) is 4.08. The number of likely N-dealkylation sites (N-methyl/N-ethyl adjacent to an activating group) is 1. The molecule has 4 heteroatoms. The van der Waals surface area contributed by atoms with Gasteiger partial charge in [-0.15, -0.1) is 0 Å². The molecule has 1 saturated heterocycles. The fraction of sp³-hybridized carbons (Fsp3) is 0.923. The second-order valence-corrected chi connectivity index (χ2v) is 5.77. The van der Waals surface area contributed by atoms with E-state index in [1.54, 1.807) is 0 Å². The number of nitrogens with zero attached hydrogens (tertiary/aromatic N) is 2. The number of amides is 1. The Hall–Kier alpha value is -0.610. The van der Waals surface area contributed by atoms with Crippen molar-refractivity contribution in [1.82, 2.24) is 15.1 Å². The summed E-state index contributed by atoms with van der Waals surface area (Å²) in [6.45, 7) is 4.75. The monoisotopic (exact) mass is 239 g/mol. The molecule has 0 spiro atoms. The van der Waals surface area contributed by atoms with Crippen LogP contribution in [0, 0.1) is 11.8 Å². The Kier molecular flexibility index (Phi) is 4.40. The maximum Gasteiger partial charge on any atom is 0.236 e. The van der Waals surface area contributed by atoms with E-state index in [0.717, 1.165) is 25.6 Å². The van der Waals surface area contributed by atoms with Gasteiger partial charge in [-0.2, -0.15) is 0 Å². The third kappa shape index (κ3) is 4.28. The van der Waals surface area contributed by atoms with E-state index in [1.165, 1.54) is 25.8 Å². The van der Waals surface area contributed by atoms with Crippen molar-refractivity contribution in [1.29, 1.82) is 0 Å². The van der Waals surface area contributed by atoms with Crippen LogP contribution in [-0.4, -0.2) is 62.5 Å². The van der Waals surface area contributed by atoms with Crippen LogP contribution in [0.25, 0.3) is 0 Å².